The van der Waals surface area contributed by atoms with E-state index in [4.69, 9.17) is 0 Å². The van der Waals surface area contributed by atoms with Gasteiger partial charge < -0.3 is 10.2 Å². The highest BCUT2D eigenvalue weighted by molar-refractivity contribution is 7.11. The number of carbonyl (C=O) groups excluding carboxylic acids is 1. The number of likely N-dealkylation sites (tertiary alicyclic amines) is 1. The van der Waals surface area contributed by atoms with E-state index in [0.717, 1.165) is 47.1 Å². The predicted molar refractivity (Wildman–Crippen MR) is 95.1 cm³/mol. The van der Waals surface area contributed by atoms with Gasteiger partial charge in [0.1, 0.15) is 5.01 Å². The Morgan fingerprint density at radius 1 is 1.38 bits per heavy atom. The lowest BCUT2D eigenvalue weighted by atomic mass is 9.99. The van der Waals surface area contributed by atoms with Gasteiger partial charge in [0.2, 0.25) is 0 Å². The van der Waals surface area contributed by atoms with Crippen molar-refractivity contribution < 1.29 is 4.79 Å². The molecule has 1 atom stereocenters. The highest BCUT2D eigenvalue weighted by Gasteiger charge is 2.30. The maximum atomic E-state index is 12.8. The molecule has 0 radical (unpaired) electrons. The third-order valence-corrected chi connectivity index (χ3v) is 5.50. The molecule has 3 rings (SSSR count). The largest absolute Gasteiger partial charge is 0.331 e. The van der Waals surface area contributed by atoms with Crippen LogP contribution in [0.3, 0.4) is 0 Å². The Bertz CT molecular complexity index is 688. The Balaban J connectivity index is 1.75. The summed E-state index contributed by atoms with van der Waals surface area (Å²) in [4.78, 5) is 20.3. The van der Waals surface area contributed by atoms with Gasteiger partial charge in [-0.05, 0) is 33.6 Å². The van der Waals surface area contributed by atoms with Crippen LogP contribution in [0.2, 0.25) is 0 Å². The molecule has 0 aliphatic carbocycles. The molecule has 1 aliphatic heterocycles. The number of nitrogens with zero attached hydrogens (tertiary/aromatic N) is 3. The zero-order valence-electron chi connectivity index (χ0n) is 14.6. The first-order chi connectivity index (χ1) is 11.6. The Morgan fingerprint density at radius 3 is 2.88 bits per heavy atom. The number of H-pyrrole nitrogens is 1. The van der Waals surface area contributed by atoms with Crippen molar-refractivity contribution in [1.29, 1.82) is 0 Å². The number of urea groups is 1. The zero-order chi connectivity index (χ0) is 17.1. The lowest BCUT2D eigenvalue weighted by Crippen LogP contribution is -2.42. The Morgan fingerprint density at radius 2 is 2.21 bits per heavy atom. The SMILES string of the molecule is Cc1cnc(CNC(=O)N2CCCCC[C@H]2c2c(C)n[nH]c2C)s1. The zero-order valence-corrected chi connectivity index (χ0v) is 15.4. The lowest BCUT2D eigenvalue weighted by molar-refractivity contribution is 0.175. The molecule has 0 saturated carbocycles. The molecule has 130 valence electrons. The summed E-state index contributed by atoms with van der Waals surface area (Å²) < 4.78 is 0. The minimum Gasteiger partial charge on any atom is -0.331 e. The average molecular weight is 347 g/mol. The minimum absolute atomic E-state index is 0.00486. The summed E-state index contributed by atoms with van der Waals surface area (Å²) in [5, 5.41) is 11.4. The summed E-state index contributed by atoms with van der Waals surface area (Å²) in [6, 6.07) is 0.0963. The number of hydrogen-bond acceptors (Lipinski definition) is 4. The van der Waals surface area contributed by atoms with E-state index in [-0.39, 0.29) is 12.1 Å². The van der Waals surface area contributed by atoms with Gasteiger partial charge >= 0.3 is 6.03 Å². The summed E-state index contributed by atoms with van der Waals surface area (Å²) in [6.45, 7) is 7.35. The van der Waals surface area contributed by atoms with Crippen LogP contribution < -0.4 is 5.32 Å². The molecule has 2 aromatic heterocycles. The van der Waals surface area contributed by atoms with Crippen LogP contribution in [0.4, 0.5) is 4.79 Å². The van der Waals surface area contributed by atoms with E-state index >= 15 is 0 Å². The van der Waals surface area contributed by atoms with Crippen LogP contribution in [0.5, 0.6) is 0 Å². The minimum atomic E-state index is -0.00486. The summed E-state index contributed by atoms with van der Waals surface area (Å²) >= 11 is 1.62. The molecular weight excluding hydrogens is 322 g/mol. The molecule has 1 fully saturated rings. The highest BCUT2D eigenvalue weighted by atomic mass is 32.1. The normalized spacial score (nSPS) is 18.5. The third kappa shape index (κ3) is 3.61. The lowest BCUT2D eigenvalue weighted by Gasteiger charge is -2.30. The number of amides is 2. The standard InChI is InChI=1S/C17H25N5OS/c1-11-9-18-15(24-11)10-19-17(23)22-8-6-4-5-7-14(22)16-12(2)20-21-13(16)3/h9,14H,4-8,10H2,1-3H3,(H,19,23)(H,20,21)/t14-/m0/s1. The van der Waals surface area contributed by atoms with E-state index in [9.17, 15) is 4.79 Å². The van der Waals surface area contributed by atoms with Crippen LogP contribution in [-0.4, -0.2) is 32.7 Å². The van der Waals surface area contributed by atoms with E-state index in [2.05, 4.69) is 20.5 Å². The van der Waals surface area contributed by atoms with Gasteiger partial charge in [-0.1, -0.05) is 12.8 Å². The van der Waals surface area contributed by atoms with E-state index < -0.39 is 0 Å². The van der Waals surface area contributed by atoms with Crippen molar-refractivity contribution in [2.75, 3.05) is 6.54 Å². The van der Waals surface area contributed by atoms with E-state index in [0.29, 0.717) is 6.54 Å². The number of aromatic amines is 1. The summed E-state index contributed by atoms with van der Waals surface area (Å²) in [5.74, 6) is 0. The van der Waals surface area contributed by atoms with Gasteiger partial charge in [-0.15, -0.1) is 11.3 Å². The number of carbonyl (C=O) groups is 1. The van der Waals surface area contributed by atoms with Crippen LogP contribution in [0.25, 0.3) is 0 Å². The van der Waals surface area contributed by atoms with Crippen LogP contribution in [0, 0.1) is 20.8 Å². The van der Waals surface area contributed by atoms with Crippen molar-refractivity contribution in [2.24, 2.45) is 0 Å². The highest BCUT2D eigenvalue weighted by Crippen LogP contribution is 2.33. The number of aryl methyl sites for hydroxylation is 3. The quantitative estimate of drug-likeness (QED) is 0.890. The molecule has 1 aliphatic rings. The summed E-state index contributed by atoms with van der Waals surface area (Å²) in [7, 11) is 0. The second-order valence-corrected chi connectivity index (χ2v) is 7.75. The number of hydrogen-bond donors (Lipinski definition) is 2. The van der Waals surface area contributed by atoms with Crippen molar-refractivity contribution >= 4 is 17.4 Å². The van der Waals surface area contributed by atoms with E-state index in [1.165, 1.54) is 12.0 Å². The fraction of sp³-hybridized carbons (Fsp3) is 0.588. The first-order valence-corrected chi connectivity index (χ1v) is 9.35. The van der Waals surface area contributed by atoms with Crippen LogP contribution in [0.15, 0.2) is 6.20 Å². The predicted octanol–water partition coefficient (Wildman–Crippen LogP) is 3.62. The van der Waals surface area contributed by atoms with Crippen molar-refractivity contribution in [3.8, 4) is 0 Å². The fourth-order valence-corrected chi connectivity index (χ4v) is 4.16. The molecule has 2 amide bonds. The maximum absolute atomic E-state index is 12.8. The molecule has 0 unspecified atom stereocenters. The molecule has 0 spiro atoms. The molecule has 7 heteroatoms. The van der Waals surface area contributed by atoms with Gasteiger partial charge in [0, 0.05) is 28.9 Å². The summed E-state index contributed by atoms with van der Waals surface area (Å²) in [5.41, 5.74) is 3.23. The third-order valence-electron chi connectivity index (χ3n) is 4.59. The average Bonchev–Trinajstić information content (AvgIpc) is 3.02. The Kier molecular flexibility index (Phi) is 5.18. The smallest absolute Gasteiger partial charge is 0.318 e. The molecule has 24 heavy (non-hydrogen) atoms. The van der Waals surface area contributed by atoms with E-state index in [1.807, 2.05) is 31.9 Å². The summed E-state index contributed by atoms with van der Waals surface area (Å²) in [6.07, 6.45) is 6.20. The second kappa shape index (κ2) is 7.34. The number of thiazole rings is 1. The van der Waals surface area contributed by atoms with Crippen LogP contribution in [-0.2, 0) is 6.54 Å². The molecule has 6 nitrogen and oxygen atoms in total. The Labute approximate surface area is 146 Å². The van der Waals surface area contributed by atoms with Gasteiger partial charge in [-0.2, -0.15) is 5.10 Å². The van der Waals surface area contributed by atoms with Gasteiger partial charge in [0.25, 0.3) is 0 Å². The van der Waals surface area contributed by atoms with Gasteiger partial charge in [-0.3, -0.25) is 5.10 Å². The molecule has 0 bridgehead atoms. The number of rotatable bonds is 3. The van der Waals surface area contributed by atoms with Crippen molar-refractivity contribution in [3.63, 3.8) is 0 Å². The molecule has 2 N–H and O–H groups in total. The second-order valence-electron chi connectivity index (χ2n) is 6.43. The monoisotopic (exact) mass is 347 g/mol. The molecule has 0 aromatic carbocycles. The van der Waals surface area contributed by atoms with Crippen molar-refractivity contribution in [3.05, 3.63) is 33.0 Å². The first kappa shape index (κ1) is 17.0. The Hall–Kier alpha value is -1.89. The van der Waals surface area contributed by atoms with Crippen molar-refractivity contribution in [2.45, 2.75) is 59.0 Å². The molecular formula is C17H25N5OS. The van der Waals surface area contributed by atoms with Crippen molar-refractivity contribution in [1.82, 2.24) is 25.4 Å². The number of aromatic nitrogens is 3. The van der Waals surface area contributed by atoms with Gasteiger partial charge in [0.05, 0.1) is 18.3 Å². The van der Waals surface area contributed by atoms with E-state index in [1.54, 1.807) is 11.3 Å². The first-order valence-electron chi connectivity index (χ1n) is 8.53. The topological polar surface area (TPSA) is 73.9 Å². The number of nitrogens with one attached hydrogen (secondary N) is 2. The van der Waals surface area contributed by atoms with Gasteiger partial charge in [0.15, 0.2) is 0 Å². The van der Waals surface area contributed by atoms with Crippen LogP contribution in [0.1, 0.15) is 58.6 Å². The fourth-order valence-electron chi connectivity index (χ4n) is 3.44. The van der Waals surface area contributed by atoms with Gasteiger partial charge in [-0.25, -0.2) is 9.78 Å². The molecule has 2 aromatic rings. The molecule has 1 saturated heterocycles. The molecule has 3 heterocycles. The van der Waals surface area contributed by atoms with Crippen LogP contribution >= 0.6 is 11.3 Å². The maximum Gasteiger partial charge on any atom is 0.318 e.